The smallest absolute Gasteiger partial charge is 0.101 e. The van der Waals surface area contributed by atoms with E-state index in [4.69, 9.17) is 0 Å². The average Bonchev–Trinajstić information content (AvgIpc) is 2.79. The van der Waals surface area contributed by atoms with Crippen molar-refractivity contribution < 1.29 is 5.11 Å². The van der Waals surface area contributed by atoms with Gasteiger partial charge in [-0.25, -0.2) is 0 Å². The minimum atomic E-state index is -0.427. The Hall–Kier alpha value is -0.120. The predicted octanol–water partition coefficient (Wildman–Crippen LogP) is 3.97. The summed E-state index contributed by atoms with van der Waals surface area (Å²) in [5, 5.41) is 9.98. The van der Waals surface area contributed by atoms with Crippen LogP contribution >= 0.6 is 31.9 Å². The molecular weight excluding hydrogens is 308 g/mol. The molecule has 0 heterocycles. The molecular formula is C11H10Br2O. The van der Waals surface area contributed by atoms with Crippen molar-refractivity contribution >= 4 is 31.9 Å². The second-order valence-corrected chi connectivity index (χ2v) is 5.42. The Morgan fingerprint density at radius 2 is 1.71 bits per heavy atom. The molecule has 0 aromatic heterocycles. The third-order valence-corrected chi connectivity index (χ3v) is 3.33. The summed E-state index contributed by atoms with van der Waals surface area (Å²) in [7, 11) is 0. The molecule has 1 nitrogen and oxygen atoms in total. The minimum Gasteiger partial charge on any atom is -0.384 e. The summed E-state index contributed by atoms with van der Waals surface area (Å²) >= 11 is 6.82. The third-order valence-electron chi connectivity index (χ3n) is 2.41. The second-order valence-electron chi connectivity index (χ2n) is 3.59. The first kappa shape index (κ1) is 10.4. The molecule has 1 aromatic rings. The normalized spacial score (nSPS) is 17.1. The number of hydrogen-bond acceptors (Lipinski definition) is 1. The molecule has 1 aliphatic rings. The Bertz CT molecular complexity index is 389. The van der Waals surface area contributed by atoms with Crippen molar-refractivity contribution in [3.8, 4) is 0 Å². The zero-order valence-corrected chi connectivity index (χ0v) is 10.9. The van der Waals surface area contributed by atoms with Crippen LogP contribution in [0.5, 0.6) is 0 Å². The number of rotatable bonds is 2. The van der Waals surface area contributed by atoms with Gasteiger partial charge in [0.25, 0.3) is 0 Å². The highest BCUT2D eigenvalue weighted by molar-refractivity contribution is 9.11. The number of allylic oxidation sites excluding steroid dienone is 1. The van der Waals surface area contributed by atoms with Crippen LogP contribution in [0.2, 0.25) is 0 Å². The number of aliphatic hydroxyl groups is 1. The maximum absolute atomic E-state index is 9.98. The summed E-state index contributed by atoms with van der Waals surface area (Å²) in [6.45, 7) is 2.06. The molecule has 1 atom stereocenters. The van der Waals surface area contributed by atoms with Crippen molar-refractivity contribution in [1.82, 2.24) is 0 Å². The van der Waals surface area contributed by atoms with E-state index in [1.807, 2.05) is 18.2 Å². The molecule has 1 aromatic carbocycles. The molecule has 1 aliphatic carbocycles. The highest BCUT2D eigenvalue weighted by Crippen LogP contribution is 2.41. The van der Waals surface area contributed by atoms with Gasteiger partial charge in [-0.15, -0.1) is 0 Å². The van der Waals surface area contributed by atoms with Crippen LogP contribution in [0.1, 0.15) is 25.0 Å². The molecule has 0 bridgehead atoms. The van der Waals surface area contributed by atoms with E-state index in [2.05, 4.69) is 38.8 Å². The van der Waals surface area contributed by atoms with E-state index in [0.29, 0.717) is 0 Å². The highest BCUT2D eigenvalue weighted by atomic mass is 79.9. The van der Waals surface area contributed by atoms with Crippen molar-refractivity contribution in [1.29, 1.82) is 0 Å². The summed E-state index contributed by atoms with van der Waals surface area (Å²) in [6, 6.07) is 5.87. The van der Waals surface area contributed by atoms with E-state index in [1.165, 1.54) is 5.57 Å². The van der Waals surface area contributed by atoms with Crippen LogP contribution in [0.4, 0.5) is 0 Å². The van der Waals surface area contributed by atoms with Crippen molar-refractivity contribution in [2.24, 2.45) is 0 Å². The van der Waals surface area contributed by atoms with Gasteiger partial charge in [0.15, 0.2) is 0 Å². The van der Waals surface area contributed by atoms with Gasteiger partial charge in [-0.3, -0.25) is 0 Å². The fraction of sp³-hybridized carbons (Fsp3) is 0.273. The molecule has 0 aliphatic heterocycles. The van der Waals surface area contributed by atoms with Crippen LogP contribution in [0.25, 0.3) is 0 Å². The molecule has 0 unspecified atom stereocenters. The Morgan fingerprint density at radius 1 is 1.21 bits per heavy atom. The second kappa shape index (κ2) is 3.80. The predicted molar refractivity (Wildman–Crippen MR) is 64.1 cm³/mol. The maximum atomic E-state index is 9.98. The first-order valence-electron chi connectivity index (χ1n) is 4.40. The maximum Gasteiger partial charge on any atom is 0.101 e. The van der Waals surface area contributed by atoms with Crippen molar-refractivity contribution in [3.05, 3.63) is 43.9 Å². The molecule has 0 fully saturated rings. The third kappa shape index (κ3) is 2.10. The molecule has 0 saturated heterocycles. The molecule has 0 amide bonds. The molecule has 2 rings (SSSR count). The van der Waals surface area contributed by atoms with Gasteiger partial charge in [0.2, 0.25) is 0 Å². The Kier molecular flexibility index (Phi) is 2.82. The fourth-order valence-corrected chi connectivity index (χ4v) is 2.83. The van der Waals surface area contributed by atoms with Crippen LogP contribution in [0.3, 0.4) is 0 Å². The van der Waals surface area contributed by atoms with E-state index in [0.717, 1.165) is 26.5 Å². The number of hydrogen-bond donors (Lipinski definition) is 1. The Labute approximate surface area is 100 Å². The van der Waals surface area contributed by atoms with E-state index in [9.17, 15) is 5.11 Å². The average molecular weight is 318 g/mol. The lowest BCUT2D eigenvalue weighted by atomic mass is 10.1. The van der Waals surface area contributed by atoms with Crippen molar-refractivity contribution in [2.45, 2.75) is 19.4 Å². The molecule has 14 heavy (non-hydrogen) atoms. The number of halogens is 2. The molecule has 0 radical (unpaired) electrons. The van der Waals surface area contributed by atoms with E-state index < -0.39 is 6.10 Å². The van der Waals surface area contributed by atoms with Gasteiger partial charge < -0.3 is 5.11 Å². The van der Waals surface area contributed by atoms with Crippen LogP contribution < -0.4 is 0 Å². The summed E-state index contributed by atoms with van der Waals surface area (Å²) in [5.74, 6) is 0. The van der Waals surface area contributed by atoms with E-state index in [1.54, 1.807) is 0 Å². The van der Waals surface area contributed by atoms with E-state index >= 15 is 0 Å². The molecule has 0 saturated carbocycles. The molecule has 0 spiro atoms. The molecule has 74 valence electrons. The quantitative estimate of drug-likeness (QED) is 0.818. The molecule has 1 N–H and O–H groups in total. The van der Waals surface area contributed by atoms with Crippen molar-refractivity contribution in [2.75, 3.05) is 0 Å². The summed E-state index contributed by atoms with van der Waals surface area (Å²) in [5.41, 5.74) is 3.42. The van der Waals surface area contributed by atoms with Gasteiger partial charge >= 0.3 is 0 Å². The first-order chi connectivity index (χ1) is 6.58. The Balaban J connectivity index is 2.32. The first-order valence-corrected chi connectivity index (χ1v) is 5.99. The number of aliphatic hydroxyl groups excluding tert-OH is 1. The summed E-state index contributed by atoms with van der Waals surface area (Å²) in [6.07, 6.45) is 0.550. The minimum absolute atomic E-state index is 0.427. The lowest BCUT2D eigenvalue weighted by Crippen LogP contribution is -1.94. The van der Waals surface area contributed by atoms with Gasteiger partial charge in [0.05, 0.1) is 0 Å². The van der Waals surface area contributed by atoms with Crippen molar-refractivity contribution in [3.63, 3.8) is 0 Å². The van der Waals surface area contributed by atoms with Gasteiger partial charge in [0, 0.05) is 8.95 Å². The fourth-order valence-electron chi connectivity index (χ4n) is 1.51. The largest absolute Gasteiger partial charge is 0.384 e. The zero-order chi connectivity index (χ0) is 10.3. The summed E-state index contributed by atoms with van der Waals surface area (Å²) in [4.78, 5) is 0. The topological polar surface area (TPSA) is 20.2 Å². The van der Waals surface area contributed by atoms with Crippen LogP contribution in [0.15, 0.2) is 38.3 Å². The van der Waals surface area contributed by atoms with Crippen LogP contribution in [-0.4, -0.2) is 5.11 Å². The van der Waals surface area contributed by atoms with E-state index in [-0.39, 0.29) is 0 Å². The lowest BCUT2D eigenvalue weighted by Gasteiger charge is -2.08. The zero-order valence-electron chi connectivity index (χ0n) is 7.72. The van der Waals surface area contributed by atoms with Gasteiger partial charge in [-0.2, -0.15) is 0 Å². The van der Waals surface area contributed by atoms with Gasteiger partial charge in [-0.05, 0) is 42.7 Å². The number of benzene rings is 1. The van der Waals surface area contributed by atoms with Gasteiger partial charge in [-0.1, -0.05) is 37.4 Å². The Morgan fingerprint density at radius 3 is 2.14 bits per heavy atom. The monoisotopic (exact) mass is 316 g/mol. The SMILES string of the molecule is CC1=C([C@H](O)c2cc(Br)cc(Br)c2)C1. The molecule has 3 heteroatoms. The standard InChI is InChI=1S/C11H10Br2O/c1-6-2-10(6)11(14)7-3-8(12)5-9(13)4-7/h3-5,11,14H,2H2,1H3/t11-/m1/s1. The van der Waals surface area contributed by atoms with Crippen LogP contribution in [-0.2, 0) is 0 Å². The van der Waals surface area contributed by atoms with Gasteiger partial charge in [0.1, 0.15) is 6.10 Å². The lowest BCUT2D eigenvalue weighted by molar-refractivity contribution is 0.220. The van der Waals surface area contributed by atoms with Crippen LogP contribution in [0, 0.1) is 0 Å². The summed E-state index contributed by atoms with van der Waals surface area (Å²) < 4.78 is 1.97. The highest BCUT2D eigenvalue weighted by Gasteiger charge is 2.25.